The van der Waals surface area contributed by atoms with Crippen LogP contribution in [0.15, 0.2) is 0 Å². The van der Waals surface area contributed by atoms with Gasteiger partial charge in [-0.2, -0.15) is 5.26 Å². The van der Waals surface area contributed by atoms with Crippen LogP contribution in [0.3, 0.4) is 0 Å². The Bertz CT molecular complexity index is 1180. The van der Waals surface area contributed by atoms with Crippen molar-refractivity contribution in [3.05, 3.63) is 0 Å². The van der Waals surface area contributed by atoms with Gasteiger partial charge in [0.15, 0.2) is 12.4 Å². The summed E-state index contributed by atoms with van der Waals surface area (Å²) in [6.45, 7) is 11.0. The number of carbonyl (C=O) groups excluding carboxylic acids is 5. The molecule has 0 amide bonds. The first-order valence-corrected chi connectivity index (χ1v) is 20.1. The van der Waals surface area contributed by atoms with Gasteiger partial charge in [-0.1, -0.05) is 50.7 Å². The number of nitrogens with zero attached hydrogens (tertiary/aromatic N) is 1. The van der Waals surface area contributed by atoms with E-state index in [2.05, 4.69) is 6.07 Å². The lowest BCUT2D eigenvalue weighted by Crippen LogP contribution is -2.58. The number of thiocarbonyl (C=S) groups is 1. The number of Topliss-reactive ketones (excluding diaryl/α,β-unsaturated/α-hetero) is 2. The van der Waals surface area contributed by atoms with E-state index in [1.807, 2.05) is 13.8 Å². The highest BCUT2D eigenvalue weighted by atomic mass is 32.2. The molecule has 0 aromatic carbocycles. The van der Waals surface area contributed by atoms with Gasteiger partial charge in [0.1, 0.15) is 38.7 Å². The highest BCUT2D eigenvalue weighted by molar-refractivity contribution is 8.47. The Kier molecular flexibility index (Phi) is 25.3. The minimum Gasteiger partial charge on any atom is -0.463 e. The van der Waals surface area contributed by atoms with E-state index in [9.17, 15) is 29.2 Å². The number of thioether (sulfide) groups is 2. The maximum absolute atomic E-state index is 12.3. The Morgan fingerprint density at radius 1 is 0.788 bits per heavy atom. The van der Waals surface area contributed by atoms with Gasteiger partial charge in [-0.25, -0.2) is 0 Å². The van der Waals surface area contributed by atoms with Crippen molar-refractivity contribution in [2.75, 3.05) is 45.4 Å². The maximum Gasteiger partial charge on any atom is 0.303 e. The summed E-state index contributed by atoms with van der Waals surface area (Å²) < 4.78 is 39.0. The van der Waals surface area contributed by atoms with E-state index in [1.165, 1.54) is 44.3 Å². The van der Waals surface area contributed by atoms with Crippen molar-refractivity contribution >= 4 is 68.7 Å². The summed E-state index contributed by atoms with van der Waals surface area (Å²) in [4.78, 5) is 59.5. The molecular weight excluding hydrogens is 735 g/mol. The summed E-state index contributed by atoms with van der Waals surface area (Å²) in [5.74, 6) is -1.04. The number of ketones is 2. The summed E-state index contributed by atoms with van der Waals surface area (Å²) in [5.41, 5.74) is 0. The third kappa shape index (κ3) is 21.5. The summed E-state index contributed by atoms with van der Waals surface area (Å²) in [7, 11) is 0. The fourth-order valence-corrected chi connectivity index (χ4v) is 8.11. The van der Waals surface area contributed by atoms with E-state index in [0.717, 1.165) is 28.5 Å². The molecule has 0 N–H and O–H groups in total. The predicted octanol–water partition coefficient (Wildman–Crippen LogP) is 5.92. The zero-order chi connectivity index (χ0) is 38.9. The molecule has 1 heterocycles. The monoisotopic (exact) mass is 791 g/mol. The molecule has 1 saturated heterocycles. The van der Waals surface area contributed by atoms with Crippen LogP contribution >= 0.6 is 35.7 Å². The molecule has 52 heavy (non-hydrogen) atoms. The lowest BCUT2D eigenvalue weighted by atomic mass is 9.92. The molecule has 0 bridgehead atoms. The fraction of sp³-hybridized carbons (Fsp3) is 0.806. The Morgan fingerprint density at radius 3 is 2.04 bits per heavy atom. The third-order valence-electron chi connectivity index (χ3n) is 7.96. The molecule has 0 radical (unpaired) electrons. The van der Waals surface area contributed by atoms with Crippen molar-refractivity contribution in [3.63, 3.8) is 0 Å². The molecule has 296 valence electrons. The second-order valence-electron chi connectivity index (χ2n) is 12.7. The average Bonchev–Trinajstić information content (AvgIpc) is 3.07. The van der Waals surface area contributed by atoms with Gasteiger partial charge in [-0.3, -0.25) is 24.0 Å². The Labute approximate surface area is 322 Å². The van der Waals surface area contributed by atoms with E-state index in [-0.39, 0.29) is 18.2 Å². The van der Waals surface area contributed by atoms with Crippen molar-refractivity contribution in [2.45, 2.75) is 135 Å². The largest absolute Gasteiger partial charge is 0.463 e. The molecule has 6 atom stereocenters. The van der Waals surface area contributed by atoms with Gasteiger partial charge in [0.2, 0.25) is 0 Å². The normalized spacial score (nSPS) is 21.0. The van der Waals surface area contributed by atoms with Crippen LogP contribution in [-0.2, 0) is 57.1 Å². The Hall–Kier alpha value is -2.13. The standard InChI is InChI=1S/C36H57NO12S3/c1-7-51-35(50)52-36(6,24-37)17-15-29(41)14-12-18-43-21-22-44-20-16-30(42)13-10-8-9-11-19-45-34-25(2)32(47-27(4)39)33(48-28(5)40)31(49-34)23-46-26(3)38/h25,31-34H,7-23H2,1-6H3/t25-,31-,32-,33+,34-,36?/m0/s1. The van der Waals surface area contributed by atoms with Gasteiger partial charge in [-0.15, -0.1) is 11.8 Å². The second kappa shape index (κ2) is 27.5. The number of unbranched alkanes of at least 4 members (excludes halogenated alkanes) is 3. The number of nitriles is 1. The summed E-state index contributed by atoms with van der Waals surface area (Å²) >= 11 is 8.18. The average molecular weight is 792 g/mol. The van der Waals surface area contributed by atoms with Gasteiger partial charge in [0.05, 0.1) is 25.9 Å². The quantitative estimate of drug-likeness (QED) is 0.0415. The van der Waals surface area contributed by atoms with Crippen LogP contribution in [0.25, 0.3) is 0 Å². The summed E-state index contributed by atoms with van der Waals surface area (Å²) in [6, 6.07) is 2.29. The van der Waals surface area contributed by atoms with Crippen molar-refractivity contribution in [2.24, 2.45) is 5.92 Å². The number of hydrogen-bond donors (Lipinski definition) is 0. The van der Waals surface area contributed by atoms with Gasteiger partial charge >= 0.3 is 17.9 Å². The van der Waals surface area contributed by atoms with Crippen LogP contribution in [-0.4, -0.2) is 108 Å². The molecule has 1 aliphatic heterocycles. The molecule has 0 spiro atoms. The number of hydrogen-bond acceptors (Lipinski definition) is 16. The maximum atomic E-state index is 12.3. The van der Waals surface area contributed by atoms with Crippen LogP contribution in [0.5, 0.6) is 0 Å². The molecule has 16 heteroatoms. The van der Waals surface area contributed by atoms with Crippen LogP contribution in [0.1, 0.15) is 106 Å². The lowest BCUT2D eigenvalue weighted by Gasteiger charge is -2.43. The molecule has 0 aromatic rings. The molecular formula is C36H57NO12S3. The van der Waals surface area contributed by atoms with Gasteiger partial charge in [-0.05, 0) is 38.4 Å². The molecule has 1 aliphatic rings. The third-order valence-corrected chi connectivity index (χ3v) is 10.6. The van der Waals surface area contributed by atoms with Crippen molar-refractivity contribution in [1.82, 2.24) is 0 Å². The van der Waals surface area contributed by atoms with Crippen molar-refractivity contribution in [3.8, 4) is 6.07 Å². The molecule has 0 saturated carbocycles. The van der Waals surface area contributed by atoms with E-state index in [1.54, 1.807) is 6.92 Å². The zero-order valence-corrected chi connectivity index (χ0v) is 33.9. The van der Waals surface area contributed by atoms with Gasteiger partial charge in [0, 0.05) is 65.6 Å². The number of ether oxygens (including phenoxy) is 7. The SMILES string of the molecule is CCSC(=S)SC(C)(C#N)CCC(=O)CCCOCCOCCC(=O)CCCCCCO[C@H]1O[C@@H](COC(C)=O)[C@@H](OC(C)=O)[C@@H](OC(C)=O)[C@@H]1C. The first kappa shape index (κ1) is 47.9. The van der Waals surface area contributed by atoms with Crippen molar-refractivity contribution in [1.29, 1.82) is 5.26 Å². The predicted molar refractivity (Wildman–Crippen MR) is 202 cm³/mol. The minimum atomic E-state index is -0.967. The highest BCUT2D eigenvalue weighted by Crippen LogP contribution is 2.35. The molecule has 0 aromatic heterocycles. The second-order valence-corrected chi connectivity index (χ2v) is 16.6. The van der Waals surface area contributed by atoms with Crippen LogP contribution in [0.2, 0.25) is 0 Å². The first-order valence-electron chi connectivity index (χ1n) is 17.9. The topological polar surface area (TPSA) is 174 Å². The van der Waals surface area contributed by atoms with E-state index in [4.69, 9.17) is 45.4 Å². The molecule has 13 nitrogen and oxygen atoms in total. The summed E-state index contributed by atoms with van der Waals surface area (Å²) in [5, 5.41) is 9.53. The van der Waals surface area contributed by atoms with E-state index in [0.29, 0.717) is 78.0 Å². The van der Waals surface area contributed by atoms with E-state index >= 15 is 0 Å². The fourth-order valence-electron chi connectivity index (χ4n) is 5.21. The minimum absolute atomic E-state index is 0.103. The Balaban J connectivity index is 2.18. The van der Waals surface area contributed by atoms with Gasteiger partial charge in [0.25, 0.3) is 0 Å². The van der Waals surface area contributed by atoms with Crippen molar-refractivity contribution < 1.29 is 57.1 Å². The molecule has 1 fully saturated rings. The van der Waals surface area contributed by atoms with Crippen LogP contribution in [0, 0.1) is 17.2 Å². The smallest absolute Gasteiger partial charge is 0.303 e. The molecule has 0 aliphatic carbocycles. The molecule has 1 rings (SSSR count). The van der Waals surface area contributed by atoms with E-state index < -0.39 is 53.2 Å². The number of carbonyl (C=O) groups is 5. The van der Waals surface area contributed by atoms with Crippen LogP contribution < -0.4 is 0 Å². The first-order chi connectivity index (χ1) is 24.7. The summed E-state index contributed by atoms with van der Waals surface area (Å²) in [6.07, 6.45) is 2.25. The van der Waals surface area contributed by atoms with Gasteiger partial charge < -0.3 is 33.2 Å². The lowest BCUT2D eigenvalue weighted by molar-refractivity contribution is -0.288. The molecule has 1 unspecified atom stereocenters. The zero-order valence-electron chi connectivity index (χ0n) is 31.5. The van der Waals surface area contributed by atoms with Crippen LogP contribution in [0.4, 0.5) is 0 Å². The highest BCUT2D eigenvalue weighted by Gasteiger charge is 2.48. The Morgan fingerprint density at radius 2 is 1.40 bits per heavy atom. The number of rotatable bonds is 27. The number of esters is 3.